The molecule has 0 atom stereocenters. The van der Waals surface area contributed by atoms with Crippen molar-refractivity contribution in [3.05, 3.63) is 29.3 Å². The number of nitrogens with two attached hydrogens (primary N) is 1. The van der Waals surface area contributed by atoms with Gasteiger partial charge in [0.05, 0.1) is 0 Å². The van der Waals surface area contributed by atoms with E-state index in [0.717, 1.165) is 11.1 Å². The third-order valence-electron chi connectivity index (χ3n) is 1.51. The van der Waals surface area contributed by atoms with Gasteiger partial charge in [-0.25, -0.2) is 0 Å². The molecule has 12 heavy (non-hydrogen) atoms. The minimum atomic E-state index is 0.669. The van der Waals surface area contributed by atoms with E-state index in [1.165, 1.54) is 0 Å². The van der Waals surface area contributed by atoms with Crippen LogP contribution in [0.1, 0.15) is 11.1 Å². The van der Waals surface area contributed by atoms with Crippen LogP contribution in [0.4, 0.5) is 5.69 Å². The van der Waals surface area contributed by atoms with Gasteiger partial charge in [0.2, 0.25) is 0 Å². The summed E-state index contributed by atoms with van der Waals surface area (Å²) in [5.41, 5.74) is 8.07. The summed E-state index contributed by atoms with van der Waals surface area (Å²) < 4.78 is 0. The second kappa shape index (κ2) is 3.46. The third kappa shape index (κ3) is 1.78. The van der Waals surface area contributed by atoms with Gasteiger partial charge in [0.25, 0.3) is 0 Å². The highest BCUT2D eigenvalue weighted by Gasteiger charge is 1.93. The molecule has 0 aliphatic heterocycles. The molecule has 1 rings (SSSR count). The predicted molar refractivity (Wildman–Crippen MR) is 48.1 cm³/mol. The Bertz CT molecular complexity index is 389. The summed E-state index contributed by atoms with van der Waals surface area (Å²) in [6.45, 7) is 1.93. The van der Waals surface area contributed by atoms with Gasteiger partial charge < -0.3 is 5.73 Å². The average molecular weight is 156 g/mol. The molecule has 0 amide bonds. The molecule has 0 aliphatic carbocycles. The maximum absolute atomic E-state index is 8.23. The van der Waals surface area contributed by atoms with Gasteiger partial charge in [-0.05, 0) is 24.6 Å². The molecule has 0 heterocycles. The lowest BCUT2D eigenvalue weighted by atomic mass is 10.1. The number of nitrogens with zero attached hydrogens (tertiary/aromatic N) is 1. The van der Waals surface area contributed by atoms with E-state index >= 15 is 0 Å². The SMILES string of the molecule is Cc1ccc(N)cc1C#CC#N. The first-order chi connectivity index (χ1) is 5.74. The minimum Gasteiger partial charge on any atom is -0.399 e. The van der Waals surface area contributed by atoms with Crippen molar-refractivity contribution in [1.29, 1.82) is 5.26 Å². The summed E-state index contributed by atoms with van der Waals surface area (Å²) in [4.78, 5) is 0. The van der Waals surface area contributed by atoms with Crippen molar-refractivity contribution in [2.24, 2.45) is 0 Å². The Morgan fingerprint density at radius 1 is 1.42 bits per heavy atom. The highest BCUT2D eigenvalue weighted by Crippen LogP contribution is 2.10. The molecule has 0 unspecified atom stereocenters. The van der Waals surface area contributed by atoms with Crippen molar-refractivity contribution in [3.63, 3.8) is 0 Å². The van der Waals surface area contributed by atoms with E-state index in [4.69, 9.17) is 11.0 Å². The van der Waals surface area contributed by atoms with Gasteiger partial charge in [-0.3, -0.25) is 0 Å². The zero-order valence-corrected chi connectivity index (χ0v) is 6.76. The molecule has 0 bridgehead atoms. The van der Waals surface area contributed by atoms with Crippen molar-refractivity contribution in [3.8, 4) is 17.9 Å². The van der Waals surface area contributed by atoms with Gasteiger partial charge in [0.1, 0.15) is 0 Å². The molecule has 0 saturated heterocycles. The van der Waals surface area contributed by atoms with Crippen LogP contribution in [0.15, 0.2) is 18.2 Å². The van der Waals surface area contributed by atoms with Crippen molar-refractivity contribution < 1.29 is 0 Å². The van der Waals surface area contributed by atoms with Crippen LogP contribution in [0, 0.1) is 30.1 Å². The summed E-state index contributed by atoms with van der Waals surface area (Å²) in [5, 5.41) is 8.23. The van der Waals surface area contributed by atoms with Crippen LogP contribution in [0.25, 0.3) is 0 Å². The summed E-state index contributed by atoms with van der Waals surface area (Å²) in [5.74, 6) is 5.04. The van der Waals surface area contributed by atoms with Gasteiger partial charge in [-0.15, -0.1) is 0 Å². The lowest BCUT2D eigenvalue weighted by Crippen LogP contribution is -1.87. The van der Waals surface area contributed by atoms with E-state index in [9.17, 15) is 0 Å². The number of hydrogen-bond donors (Lipinski definition) is 1. The van der Waals surface area contributed by atoms with Gasteiger partial charge in [-0.1, -0.05) is 12.0 Å². The Hall–Kier alpha value is -1.93. The molecule has 0 fully saturated rings. The fraction of sp³-hybridized carbons (Fsp3) is 0.100. The molecule has 2 heteroatoms. The van der Waals surface area contributed by atoms with Crippen LogP contribution < -0.4 is 5.73 Å². The Balaban J connectivity index is 3.16. The van der Waals surface area contributed by atoms with Crippen LogP contribution in [0.5, 0.6) is 0 Å². The molecule has 0 aliphatic rings. The summed E-state index contributed by atoms with van der Waals surface area (Å²) in [7, 11) is 0. The summed E-state index contributed by atoms with van der Waals surface area (Å²) >= 11 is 0. The molecule has 0 saturated carbocycles. The zero-order valence-electron chi connectivity index (χ0n) is 6.76. The van der Waals surface area contributed by atoms with Gasteiger partial charge >= 0.3 is 0 Å². The van der Waals surface area contributed by atoms with Crippen molar-refractivity contribution in [2.75, 3.05) is 5.73 Å². The van der Waals surface area contributed by atoms with Crippen molar-refractivity contribution in [1.82, 2.24) is 0 Å². The van der Waals surface area contributed by atoms with E-state index in [-0.39, 0.29) is 0 Å². The maximum Gasteiger partial charge on any atom is 0.152 e. The second-order valence-corrected chi connectivity index (χ2v) is 2.44. The fourth-order valence-electron chi connectivity index (χ4n) is 0.870. The number of nitriles is 1. The van der Waals surface area contributed by atoms with Gasteiger partial charge in [0.15, 0.2) is 6.07 Å². The Kier molecular flexibility index (Phi) is 2.35. The quantitative estimate of drug-likeness (QED) is 0.456. The topological polar surface area (TPSA) is 49.8 Å². The predicted octanol–water partition coefficient (Wildman–Crippen LogP) is 1.45. The Labute approximate surface area is 71.6 Å². The maximum atomic E-state index is 8.23. The zero-order chi connectivity index (χ0) is 8.97. The van der Waals surface area contributed by atoms with E-state index in [1.807, 2.05) is 19.1 Å². The number of rotatable bonds is 0. The first-order valence-corrected chi connectivity index (χ1v) is 3.50. The fourth-order valence-corrected chi connectivity index (χ4v) is 0.870. The van der Waals surface area contributed by atoms with Crippen LogP contribution in [-0.2, 0) is 0 Å². The van der Waals surface area contributed by atoms with Gasteiger partial charge in [0, 0.05) is 17.2 Å². The molecule has 0 spiro atoms. The molecule has 0 aromatic heterocycles. The van der Waals surface area contributed by atoms with Crippen LogP contribution in [-0.4, -0.2) is 0 Å². The minimum absolute atomic E-state index is 0.669. The van der Waals surface area contributed by atoms with E-state index in [0.29, 0.717) is 5.69 Å². The number of hydrogen-bond acceptors (Lipinski definition) is 2. The van der Waals surface area contributed by atoms with Crippen LogP contribution >= 0.6 is 0 Å². The molecular weight excluding hydrogens is 148 g/mol. The van der Waals surface area contributed by atoms with E-state index < -0.39 is 0 Å². The van der Waals surface area contributed by atoms with Crippen LogP contribution in [0.3, 0.4) is 0 Å². The normalized spacial score (nSPS) is 8.00. The summed E-state index contributed by atoms with van der Waals surface area (Å²) in [6, 6.07) is 7.22. The second-order valence-electron chi connectivity index (χ2n) is 2.44. The lowest BCUT2D eigenvalue weighted by molar-refractivity contribution is 1.44. The molecular formula is C10H8N2. The highest BCUT2D eigenvalue weighted by molar-refractivity contribution is 5.52. The molecule has 1 aromatic rings. The largest absolute Gasteiger partial charge is 0.399 e. The molecule has 2 N–H and O–H groups in total. The Morgan fingerprint density at radius 2 is 2.17 bits per heavy atom. The smallest absolute Gasteiger partial charge is 0.152 e. The van der Waals surface area contributed by atoms with Gasteiger partial charge in [-0.2, -0.15) is 5.26 Å². The van der Waals surface area contributed by atoms with E-state index in [2.05, 4.69) is 11.8 Å². The van der Waals surface area contributed by atoms with Crippen molar-refractivity contribution in [2.45, 2.75) is 6.92 Å². The standard InChI is InChI=1S/C10H8N2/c1-8-4-5-10(12)7-9(8)3-2-6-11/h4-5,7H,12H2,1H3. The number of anilines is 1. The third-order valence-corrected chi connectivity index (χ3v) is 1.51. The first-order valence-electron chi connectivity index (χ1n) is 3.50. The molecule has 58 valence electrons. The monoisotopic (exact) mass is 156 g/mol. The Morgan fingerprint density at radius 3 is 2.83 bits per heavy atom. The molecule has 0 radical (unpaired) electrons. The molecule has 2 nitrogen and oxygen atoms in total. The number of nitrogen functional groups attached to an aromatic ring is 1. The highest BCUT2D eigenvalue weighted by atomic mass is 14.5. The number of aryl methyl sites for hydroxylation is 1. The average Bonchev–Trinajstić information content (AvgIpc) is 2.07. The van der Waals surface area contributed by atoms with Crippen LogP contribution in [0.2, 0.25) is 0 Å². The van der Waals surface area contributed by atoms with Crippen molar-refractivity contribution >= 4 is 5.69 Å². The lowest BCUT2D eigenvalue weighted by Gasteiger charge is -1.97. The molecule has 1 aromatic carbocycles. The first kappa shape index (κ1) is 8.17. The van der Waals surface area contributed by atoms with E-state index in [1.54, 1.807) is 12.1 Å². The summed E-state index contributed by atoms with van der Waals surface area (Å²) in [6.07, 6.45) is 0. The number of benzene rings is 1.